The zero-order valence-corrected chi connectivity index (χ0v) is 17.2. The maximum atomic E-state index is 12.8. The van der Waals surface area contributed by atoms with Gasteiger partial charge in [-0.25, -0.2) is 8.42 Å². The van der Waals surface area contributed by atoms with Crippen molar-refractivity contribution in [3.63, 3.8) is 0 Å². The molecule has 1 aliphatic heterocycles. The molecule has 29 heavy (non-hydrogen) atoms. The van der Waals surface area contributed by atoms with Crippen LogP contribution in [0, 0.1) is 0 Å². The summed E-state index contributed by atoms with van der Waals surface area (Å²) >= 11 is 0. The van der Waals surface area contributed by atoms with Crippen molar-refractivity contribution in [2.24, 2.45) is 0 Å². The van der Waals surface area contributed by atoms with Gasteiger partial charge in [-0.15, -0.1) is 0 Å². The minimum Gasteiger partial charge on any atom is -0.339 e. The Morgan fingerprint density at radius 2 is 1.59 bits per heavy atom. The number of anilines is 1. The summed E-state index contributed by atoms with van der Waals surface area (Å²) in [5, 5.41) is 2.69. The van der Waals surface area contributed by atoms with Crippen molar-refractivity contribution in [3.05, 3.63) is 60.2 Å². The molecular formula is C21H25N3O4S. The molecule has 2 aromatic rings. The van der Waals surface area contributed by atoms with Crippen LogP contribution in [0.3, 0.4) is 0 Å². The third-order valence-electron chi connectivity index (χ3n) is 4.89. The summed E-state index contributed by atoms with van der Waals surface area (Å²) in [7, 11) is -2.42. The third kappa shape index (κ3) is 5.02. The van der Waals surface area contributed by atoms with Gasteiger partial charge in [0.15, 0.2) is 0 Å². The number of likely N-dealkylation sites (tertiary alicyclic amines) is 1. The number of rotatable bonds is 6. The molecule has 0 unspecified atom stereocenters. The van der Waals surface area contributed by atoms with E-state index in [1.165, 1.54) is 19.2 Å². The van der Waals surface area contributed by atoms with Crippen LogP contribution in [-0.2, 0) is 14.8 Å². The zero-order chi connectivity index (χ0) is 20.9. The largest absolute Gasteiger partial charge is 0.339 e. The first-order valence-electron chi connectivity index (χ1n) is 9.59. The van der Waals surface area contributed by atoms with E-state index >= 15 is 0 Å². The number of amides is 2. The van der Waals surface area contributed by atoms with Crippen molar-refractivity contribution < 1.29 is 18.0 Å². The smallest absolute Gasteiger partial charge is 0.255 e. The van der Waals surface area contributed by atoms with Crippen molar-refractivity contribution in [3.8, 4) is 0 Å². The maximum absolute atomic E-state index is 12.8. The zero-order valence-electron chi connectivity index (χ0n) is 16.4. The molecule has 1 saturated heterocycles. The van der Waals surface area contributed by atoms with Crippen molar-refractivity contribution in [1.29, 1.82) is 0 Å². The lowest BCUT2D eigenvalue weighted by atomic mass is 10.1. The van der Waals surface area contributed by atoms with E-state index in [2.05, 4.69) is 5.32 Å². The predicted molar refractivity (Wildman–Crippen MR) is 111 cm³/mol. The third-order valence-corrected chi connectivity index (χ3v) is 6.71. The second-order valence-corrected chi connectivity index (χ2v) is 9.07. The molecule has 0 saturated carbocycles. The SMILES string of the molecule is CN(CC(=O)Nc1ccccc1C(=O)N1CCCCC1)S(=O)(=O)c1ccccc1. The summed E-state index contributed by atoms with van der Waals surface area (Å²) in [5.74, 6) is -0.628. The van der Waals surface area contributed by atoms with Gasteiger partial charge < -0.3 is 10.2 Å². The minimum absolute atomic E-state index is 0.120. The molecule has 1 N–H and O–H groups in total. The van der Waals surface area contributed by atoms with Gasteiger partial charge in [0.25, 0.3) is 5.91 Å². The molecule has 1 fully saturated rings. The highest BCUT2D eigenvalue weighted by Gasteiger charge is 2.24. The van der Waals surface area contributed by atoms with Gasteiger partial charge >= 0.3 is 0 Å². The van der Waals surface area contributed by atoms with Gasteiger partial charge in [0, 0.05) is 20.1 Å². The van der Waals surface area contributed by atoms with E-state index in [1.807, 2.05) is 0 Å². The van der Waals surface area contributed by atoms with Crippen LogP contribution in [0.15, 0.2) is 59.5 Å². The summed E-state index contributed by atoms with van der Waals surface area (Å²) in [4.78, 5) is 27.3. The topological polar surface area (TPSA) is 86.8 Å². The molecule has 7 nitrogen and oxygen atoms in total. The van der Waals surface area contributed by atoms with Crippen LogP contribution >= 0.6 is 0 Å². The van der Waals surface area contributed by atoms with Crippen LogP contribution in [0.25, 0.3) is 0 Å². The van der Waals surface area contributed by atoms with Gasteiger partial charge in [0.05, 0.1) is 22.7 Å². The van der Waals surface area contributed by atoms with Gasteiger partial charge in [-0.05, 0) is 43.5 Å². The van der Waals surface area contributed by atoms with Crippen LogP contribution < -0.4 is 5.32 Å². The number of benzene rings is 2. The highest BCUT2D eigenvalue weighted by atomic mass is 32.2. The number of sulfonamides is 1. The van der Waals surface area contributed by atoms with E-state index in [1.54, 1.807) is 47.4 Å². The normalized spacial score (nSPS) is 14.6. The Kier molecular flexibility index (Phi) is 6.66. The number of hydrogen-bond acceptors (Lipinski definition) is 4. The van der Waals surface area contributed by atoms with Crippen LogP contribution in [0.1, 0.15) is 29.6 Å². The van der Waals surface area contributed by atoms with E-state index in [0.717, 1.165) is 23.6 Å². The fourth-order valence-corrected chi connectivity index (χ4v) is 4.44. The van der Waals surface area contributed by atoms with E-state index < -0.39 is 15.9 Å². The van der Waals surface area contributed by atoms with Gasteiger partial charge in [-0.3, -0.25) is 9.59 Å². The van der Waals surface area contributed by atoms with Gasteiger partial charge in [-0.2, -0.15) is 4.31 Å². The van der Waals surface area contributed by atoms with Gasteiger partial charge in [0.2, 0.25) is 15.9 Å². The Hall–Kier alpha value is -2.71. The average Bonchev–Trinajstić information content (AvgIpc) is 2.74. The molecule has 0 aliphatic carbocycles. The Labute approximate surface area is 171 Å². The number of likely N-dealkylation sites (N-methyl/N-ethyl adjacent to an activating group) is 1. The van der Waals surface area contributed by atoms with Crippen molar-refractivity contribution in [2.75, 3.05) is 32.0 Å². The Morgan fingerprint density at radius 3 is 2.28 bits per heavy atom. The fourth-order valence-electron chi connectivity index (χ4n) is 3.30. The summed E-state index contributed by atoms with van der Waals surface area (Å²) in [6, 6.07) is 14.8. The number of carbonyl (C=O) groups is 2. The Bertz CT molecular complexity index is 970. The lowest BCUT2D eigenvalue weighted by Gasteiger charge is -2.27. The van der Waals surface area contributed by atoms with Crippen LogP contribution in [0.5, 0.6) is 0 Å². The molecule has 2 amide bonds. The summed E-state index contributed by atoms with van der Waals surface area (Å²) in [6.07, 6.45) is 3.06. The van der Waals surface area contributed by atoms with Crippen molar-refractivity contribution in [1.82, 2.24) is 9.21 Å². The first-order chi connectivity index (χ1) is 13.9. The molecule has 3 rings (SSSR count). The Balaban J connectivity index is 1.70. The fraction of sp³-hybridized carbons (Fsp3) is 0.333. The van der Waals surface area contributed by atoms with Crippen LogP contribution in [0.4, 0.5) is 5.69 Å². The lowest BCUT2D eigenvalue weighted by molar-refractivity contribution is -0.116. The van der Waals surface area contributed by atoms with E-state index in [-0.39, 0.29) is 17.3 Å². The van der Waals surface area contributed by atoms with Crippen LogP contribution in [0.2, 0.25) is 0 Å². The number of para-hydroxylation sites is 1. The summed E-state index contributed by atoms with van der Waals surface area (Å²) in [5.41, 5.74) is 0.801. The molecule has 154 valence electrons. The number of nitrogens with zero attached hydrogens (tertiary/aromatic N) is 2. The first kappa shape index (κ1) is 21.0. The molecule has 0 radical (unpaired) electrons. The van der Waals surface area contributed by atoms with Crippen molar-refractivity contribution >= 4 is 27.5 Å². The monoisotopic (exact) mass is 415 g/mol. The molecule has 0 spiro atoms. The molecule has 0 bridgehead atoms. The molecule has 0 atom stereocenters. The maximum Gasteiger partial charge on any atom is 0.255 e. The number of hydrogen-bond donors (Lipinski definition) is 1. The number of piperidine rings is 1. The second kappa shape index (κ2) is 9.19. The second-order valence-electron chi connectivity index (χ2n) is 7.02. The summed E-state index contributed by atoms with van der Waals surface area (Å²) < 4.78 is 26.2. The average molecular weight is 416 g/mol. The highest BCUT2D eigenvalue weighted by Crippen LogP contribution is 2.20. The van der Waals surface area contributed by atoms with Crippen LogP contribution in [-0.4, -0.2) is 56.1 Å². The minimum atomic E-state index is -3.77. The molecule has 8 heteroatoms. The molecule has 1 aliphatic rings. The predicted octanol–water partition coefficient (Wildman–Crippen LogP) is 2.57. The van der Waals surface area contributed by atoms with E-state index in [0.29, 0.717) is 24.3 Å². The molecular weight excluding hydrogens is 390 g/mol. The number of carbonyl (C=O) groups excluding carboxylic acids is 2. The Morgan fingerprint density at radius 1 is 0.966 bits per heavy atom. The number of nitrogens with one attached hydrogen (secondary N) is 1. The van der Waals surface area contributed by atoms with Gasteiger partial charge in [-0.1, -0.05) is 30.3 Å². The van der Waals surface area contributed by atoms with E-state index in [9.17, 15) is 18.0 Å². The lowest BCUT2D eigenvalue weighted by Crippen LogP contribution is -2.37. The summed E-state index contributed by atoms with van der Waals surface area (Å²) in [6.45, 7) is 1.06. The molecule has 0 aromatic heterocycles. The standard InChI is InChI=1S/C21H25N3O4S/c1-23(29(27,28)17-10-4-2-5-11-17)16-20(25)22-19-13-7-6-12-18(19)21(26)24-14-8-3-9-15-24/h2,4-7,10-13H,3,8-9,14-16H2,1H3,(H,22,25). The first-order valence-corrected chi connectivity index (χ1v) is 11.0. The molecule has 2 aromatic carbocycles. The molecule has 1 heterocycles. The van der Waals surface area contributed by atoms with E-state index in [4.69, 9.17) is 0 Å². The quantitative estimate of drug-likeness (QED) is 0.786. The highest BCUT2D eigenvalue weighted by molar-refractivity contribution is 7.89. The van der Waals surface area contributed by atoms with Crippen molar-refractivity contribution in [2.45, 2.75) is 24.2 Å². The van der Waals surface area contributed by atoms with Gasteiger partial charge in [0.1, 0.15) is 0 Å².